The van der Waals surface area contributed by atoms with Gasteiger partial charge in [-0.1, -0.05) is 33.8 Å². The van der Waals surface area contributed by atoms with Gasteiger partial charge in [0.05, 0.1) is 20.3 Å². The maximum absolute atomic E-state index is 11.7. The zero-order valence-corrected chi connectivity index (χ0v) is 19.7. The van der Waals surface area contributed by atoms with Gasteiger partial charge in [-0.2, -0.15) is 0 Å². The van der Waals surface area contributed by atoms with Gasteiger partial charge in [-0.25, -0.2) is 4.79 Å². The van der Waals surface area contributed by atoms with Crippen LogP contribution in [0.3, 0.4) is 0 Å². The Kier molecular flexibility index (Phi) is 9.82. The van der Waals surface area contributed by atoms with Crippen molar-refractivity contribution in [2.24, 2.45) is 5.92 Å². The summed E-state index contributed by atoms with van der Waals surface area (Å²) in [7, 11) is 0.910. The third kappa shape index (κ3) is 7.69. The standard InChI is InChI=1S/C18H33IO4Si/c1-13(12-14(2)19)15(23-24(8,9)18(3,4)5)10-11-16(21-6)17(20)22-7/h11-13,15H,10H2,1-9H3/b14-12+,16-11+/t13-,15-/m0/s1. The number of esters is 1. The molecular formula is C18H33IO4Si. The number of hydrogen-bond acceptors (Lipinski definition) is 4. The minimum atomic E-state index is -1.92. The van der Waals surface area contributed by atoms with Gasteiger partial charge >= 0.3 is 5.97 Å². The lowest BCUT2D eigenvalue weighted by Crippen LogP contribution is -2.45. The molecule has 6 heteroatoms. The molecule has 0 amide bonds. The van der Waals surface area contributed by atoms with Gasteiger partial charge in [0.1, 0.15) is 0 Å². The fourth-order valence-electron chi connectivity index (χ4n) is 1.97. The topological polar surface area (TPSA) is 44.8 Å². The summed E-state index contributed by atoms with van der Waals surface area (Å²) in [5, 5.41) is 0.129. The summed E-state index contributed by atoms with van der Waals surface area (Å²) in [6.45, 7) is 15.4. The Labute approximate surface area is 162 Å². The number of halogens is 1. The van der Waals surface area contributed by atoms with Crippen molar-refractivity contribution in [3.05, 3.63) is 21.5 Å². The number of rotatable bonds is 8. The van der Waals surface area contributed by atoms with E-state index in [1.165, 1.54) is 17.8 Å². The summed E-state index contributed by atoms with van der Waals surface area (Å²) in [4.78, 5) is 11.7. The average molecular weight is 468 g/mol. The molecule has 0 aromatic rings. The van der Waals surface area contributed by atoms with E-state index < -0.39 is 14.3 Å². The molecule has 0 aliphatic heterocycles. The molecule has 0 unspecified atom stereocenters. The van der Waals surface area contributed by atoms with Crippen LogP contribution in [-0.2, 0) is 18.7 Å². The summed E-state index contributed by atoms with van der Waals surface area (Å²) in [6.07, 6.45) is 4.57. The number of methoxy groups -OCH3 is 2. The van der Waals surface area contributed by atoms with Crippen LogP contribution in [0.4, 0.5) is 0 Å². The first-order valence-electron chi connectivity index (χ1n) is 8.20. The molecule has 0 aromatic carbocycles. The number of allylic oxidation sites excluding steroid dienone is 1. The molecule has 0 spiro atoms. The van der Waals surface area contributed by atoms with Gasteiger partial charge in [-0.3, -0.25) is 0 Å². The Balaban J connectivity index is 5.47. The van der Waals surface area contributed by atoms with E-state index in [4.69, 9.17) is 13.9 Å². The van der Waals surface area contributed by atoms with E-state index in [0.29, 0.717) is 6.42 Å². The van der Waals surface area contributed by atoms with Gasteiger partial charge in [0.2, 0.25) is 0 Å². The maximum atomic E-state index is 11.7. The highest BCUT2D eigenvalue weighted by atomic mass is 127. The lowest BCUT2D eigenvalue weighted by atomic mass is 10.0. The SMILES string of the molecule is COC(=O)/C(=C\C[C@H](O[Si](C)(C)C(C)(C)C)[C@@H](C)/C=C(\C)I)OC. The van der Waals surface area contributed by atoms with Crippen molar-refractivity contribution in [2.45, 2.75) is 65.3 Å². The molecule has 0 radical (unpaired) electrons. The van der Waals surface area contributed by atoms with Crippen molar-refractivity contribution >= 4 is 36.9 Å². The minimum absolute atomic E-state index is 0.00888. The molecule has 0 saturated heterocycles. The second kappa shape index (κ2) is 9.96. The van der Waals surface area contributed by atoms with Crippen LogP contribution in [0.2, 0.25) is 18.1 Å². The Hall–Kier alpha value is -0.343. The predicted octanol–water partition coefficient (Wildman–Crippen LogP) is 5.45. The number of carbonyl (C=O) groups excluding carboxylic acids is 1. The molecular weight excluding hydrogens is 435 g/mol. The van der Waals surface area contributed by atoms with Crippen molar-refractivity contribution in [1.82, 2.24) is 0 Å². The highest BCUT2D eigenvalue weighted by Gasteiger charge is 2.39. The molecule has 0 rings (SSSR count). The quantitative estimate of drug-likeness (QED) is 0.156. The zero-order chi connectivity index (χ0) is 19.1. The van der Waals surface area contributed by atoms with Crippen molar-refractivity contribution in [1.29, 1.82) is 0 Å². The Bertz CT molecular complexity index is 474. The van der Waals surface area contributed by atoms with Gasteiger partial charge in [-0.05, 0) is 63.7 Å². The van der Waals surface area contributed by atoms with Gasteiger partial charge in [0.25, 0.3) is 0 Å². The zero-order valence-electron chi connectivity index (χ0n) is 16.5. The summed E-state index contributed by atoms with van der Waals surface area (Å²) < 4.78 is 17.7. The average Bonchev–Trinajstić information content (AvgIpc) is 2.43. The van der Waals surface area contributed by atoms with Gasteiger partial charge in [-0.15, -0.1) is 0 Å². The van der Waals surface area contributed by atoms with E-state index in [2.05, 4.69) is 76.4 Å². The molecule has 0 aliphatic carbocycles. The highest BCUT2D eigenvalue weighted by molar-refractivity contribution is 14.1. The summed E-state index contributed by atoms with van der Waals surface area (Å²) >= 11 is 2.31. The van der Waals surface area contributed by atoms with Crippen LogP contribution in [0.1, 0.15) is 41.0 Å². The molecule has 0 bridgehead atoms. The Morgan fingerprint density at radius 2 is 1.75 bits per heavy atom. The fraction of sp³-hybridized carbons (Fsp3) is 0.722. The van der Waals surface area contributed by atoms with E-state index >= 15 is 0 Å². The largest absolute Gasteiger partial charge is 0.490 e. The molecule has 0 heterocycles. The fourth-order valence-corrected chi connectivity index (χ4v) is 3.96. The lowest BCUT2D eigenvalue weighted by molar-refractivity contribution is -0.139. The predicted molar refractivity (Wildman–Crippen MR) is 111 cm³/mol. The number of hydrogen-bond donors (Lipinski definition) is 0. The van der Waals surface area contributed by atoms with Crippen LogP contribution in [-0.4, -0.2) is 34.6 Å². The van der Waals surface area contributed by atoms with Gasteiger partial charge < -0.3 is 13.9 Å². The minimum Gasteiger partial charge on any atom is -0.490 e. The Morgan fingerprint density at radius 1 is 1.21 bits per heavy atom. The molecule has 0 fully saturated rings. The highest BCUT2D eigenvalue weighted by Crippen LogP contribution is 2.39. The van der Waals surface area contributed by atoms with E-state index in [0.717, 1.165) is 0 Å². The van der Waals surface area contributed by atoms with Crippen molar-refractivity contribution < 1.29 is 18.7 Å². The second-order valence-electron chi connectivity index (χ2n) is 7.53. The van der Waals surface area contributed by atoms with E-state index in [1.54, 1.807) is 6.08 Å². The molecule has 24 heavy (non-hydrogen) atoms. The molecule has 0 aromatic heterocycles. The molecule has 4 nitrogen and oxygen atoms in total. The number of ether oxygens (including phenoxy) is 2. The van der Waals surface area contributed by atoms with Crippen LogP contribution in [0.25, 0.3) is 0 Å². The van der Waals surface area contributed by atoms with Crippen LogP contribution in [0, 0.1) is 5.92 Å². The molecule has 140 valence electrons. The van der Waals surface area contributed by atoms with Crippen LogP contribution in [0.5, 0.6) is 0 Å². The van der Waals surface area contributed by atoms with E-state index in [-0.39, 0.29) is 22.8 Å². The molecule has 0 aliphatic rings. The third-order valence-electron chi connectivity index (χ3n) is 4.47. The molecule has 0 N–H and O–H groups in total. The van der Waals surface area contributed by atoms with Crippen molar-refractivity contribution in [3.63, 3.8) is 0 Å². The Morgan fingerprint density at radius 3 is 2.12 bits per heavy atom. The third-order valence-corrected chi connectivity index (χ3v) is 9.34. The van der Waals surface area contributed by atoms with Crippen LogP contribution < -0.4 is 0 Å². The normalized spacial score (nSPS) is 16.6. The van der Waals surface area contributed by atoms with E-state index in [1.807, 2.05) is 0 Å². The van der Waals surface area contributed by atoms with Gasteiger partial charge in [0, 0.05) is 5.92 Å². The van der Waals surface area contributed by atoms with Crippen molar-refractivity contribution in [3.8, 4) is 0 Å². The number of carbonyl (C=O) groups is 1. The summed E-state index contributed by atoms with van der Waals surface area (Å²) in [5.74, 6) is 0.00331. The summed E-state index contributed by atoms with van der Waals surface area (Å²) in [5.41, 5.74) is 0. The van der Waals surface area contributed by atoms with Crippen LogP contribution >= 0.6 is 22.6 Å². The first-order valence-corrected chi connectivity index (χ1v) is 12.2. The van der Waals surface area contributed by atoms with Crippen LogP contribution in [0.15, 0.2) is 21.5 Å². The van der Waals surface area contributed by atoms with E-state index in [9.17, 15) is 4.79 Å². The summed E-state index contributed by atoms with van der Waals surface area (Å²) in [6, 6.07) is 0. The molecule has 2 atom stereocenters. The smallest absolute Gasteiger partial charge is 0.372 e. The first-order chi connectivity index (χ1) is 10.9. The lowest BCUT2D eigenvalue weighted by Gasteiger charge is -2.40. The first kappa shape index (κ1) is 23.7. The molecule has 0 saturated carbocycles. The monoisotopic (exact) mass is 468 g/mol. The second-order valence-corrected chi connectivity index (χ2v) is 14.0. The van der Waals surface area contributed by atoms with Gasteiger partial charge in [0.15, 0.2) is 14.1 Å². The van der Waals surface area contributed by atoms with Crippen molar-refractivity contribution in [2.75, 3.05) is 14.2 Å². The maximum Gasteiger partial charge on any atom is 0.372 e.